The lowest BCUT2D eigenvalue weighted by atomic mass is 10.2. The van der Waals surface area contributed by atoms with E-state index < -0.39 is 0 Å². The van der Waals surface area contributed by atoms with Gasteiger partial charge in [-0.1, -0.05) is 5.16 Å². The third-order valence-electron chi connectivity index (χ3n) is 2.70. The molecule has 0 unspecified atom stereocenters. The number of nitrogens with one attached hydrogen (secondary N) is 1. The minimum absolute atomic E-state index is 0.521. The van der Waals surface area contributed by atoms with Gasteiger partial charge >= 0.3 is 0 Å². The molecule has 2 aromatic heterocycles. The Kier molecular flexibility index (Phi) is 3.03. The fourth-order valence-corrected chi connectivity index (χ4v) is 1.45. The zero-order valence-electron chi connectivity index (χ0n) is 10.4. The van der Waals surface area contributed by atoms with Crippen LogP contribution in [0.5, 0.6) is 0 Å². The zero-order valence-corrected chi connectivity index (χ0v) is 10.4. The van der Waals surface area contributed by atoms with Crippen molar-refractivity contribution in [3.05, 3.63) is 28.4 Å². The van der Waals surface area contributed by atoms with Crippen molar-refractivity contribution in [3.8, 4) is 0 Å². The molecule has 0 aliphatic rings. The predicted octanol–water partition coefficient (Wildman–Crippen LogP) is 1.71. The number of aromatic nitrogens is 4. The normalized spacial score (nSPS) is 10.6. The van der Waals surface area contributed by atoms with E-state index in [1.807, 2.05) is 27.7 Å². The van der Waals surface area contributed by atoms with Gasteiger partial charge in [0.05, 0.1) is 17.1 Å². The number of anilines is 1. The van der Waals surface area contributed by atoms with Crippen LogP contribution in [0.4, 0.5) is 5.95 Å². The van der Waals surface area contributed by atoms with Crippen molar-refractivity contribution < 1.29 is 4.52 Å². The summed E-state index contributed by atoms with van der Waals surface area (Å²) in [4.78, 5) is 4.30. The summed E-state index contributed by atoms with van der Waals surface area (Å²) in [6.45, 7) is 8.17. The highest BCUT2D eigenvalue weighted by atomic mass is 16.5. The summed E-state index contributed by atoms with van der Waals surface area (Å²) in [5.74, 6) is 1.33. The number of hydrogen-bond acceptors (Lipinski definition) is 6. The van der Waals surface area contributed by atoms with Crippen molar-refractivity contribution >= 4 is 5.95 Å². The maximum Gasteiger partial charge on any atom is 0.243 e. The molecule has 2 rings (SSSR count). The maximum atomic E-state index is 5.08. The van der Waals surface area contributed by atoms with Gasteiger partial charge in [0.25, 0.3) is 0 Å². The second-order valence-corrected chi connectivity index (χ2v) is 3.96. The third kappa shape index (κ3) is 2.41. The van der Waals surface area contributed by atoms with E-state index in [-0.39, 0.29) is 0 Å². The average Bonchev–Trinajstić information content (AvgIpc) is 2.61. The summed E-state index contributed by atoms with van der Waals surface area (Å²) in [5.41, 5.74) is 3.63. The highest BCUT2D eigenvalue weighted by molar-refractivity contribution is 5.30. The lowest BCUT2D eigenvalue weighted by Crippen LogP contribution is -2.07. The monoisotopic (exact) mass is 233 g/mol. The second kappa shape index (κ2) is 4.48. The lowest BCUT2D eigenvalue weighted by Gasteiger charge is -2.05. The van der Waals surface area contributed by atoms with E-state index in [0.29, 0.717) is 12.5 Å². The first-order valence-corrected chi connectivity index (χ1v) is 5.41. The summed E-state index contributed by atoms with van der Waals surface area (Å²) in [5, 5.41) is 15.0. The van der Waals surface area contributed by atoms with Gasteiger partial charge in [0.15, 0.2) is 0 Å². The highest BCUT2D eigenvalue weighted by Crippen LogP contribution is 2.13. The van der Waals surface area contributed by atoms with E-state index in [4.69, 9.17) is 4.52 Å². The Morgan fingerprint density at radius 2 is 1.76 bits per heavy atom. The van der Waals surface area contributed by atoms with Crippen LogP contribution in [0.25, 0.3) is 0 Å². The smallest absolute Gasteiger partial charge is 0.243 e. The molecule has 0 aromatic carbocycles. The topological polar surface area (TPSA) is 76.7 Å². The van der Waals surface area contributed by atoms with Crippen molar-refractivity contribution in [1.82, 2.24) is 20.3 Å². The number of hydrogen-bond donors (Lipinski definition) is 1. The Hall–Kier alpha value is -1.98. The van der Waals surface area contributed by atoms with Crippen LogP contribution in [-0.4, -0.2) is 20.3 Å². The highest BCUT2D eigenvalue weighted by Gasteiger charge is 2.09. The fourth-order valence-electron chi connectivity index (χ4n) is 1.45. The van der Waals surface area contributed by atoms with Crippen LogP contribution >= 0.6 is 0 Å². The molecule has 0 aliphatic carbocycles. The first-order chi connectivity index (χ1) is 8.08. The van der Waals surface area contributed by atoms with Gasteiger partial charge in [-0.15, -0.1) is 5.10 Å². The molecule has 0 saturated heterocycles. The number of nitrogens with zero attached hydrogens (tertiary/aromatic N) is 4. The molecule has 0 radical (unpaired) electrons. The van der Waals surface area contributed by atoms with E-state index >= 15 is 0 Å². The Balaban J connectivity index is 2.10. The van der Waals surface area contributed by atoms with Crippen LogP contribution in [-0.2, 0) is 6.54 Å². The molecule has 6 heteroatoms. The summed E-state index contributed by atoms with van der Waals surface area (Å²) in [6.07, 6.45) is 0. The van der Waals surface area contributed by atoms with Crippen molar-refractivity contribution in [2.75, 3.05) is 5.32 Å². The first-order valence-electron chi connectivity index (χ1n) is 5.41. The molecule has 17 heavy (non-hydrogen) atoms. The van der Waals surface area contributed by atoms with Gasteiger partial charge in [0, 0.05) is 12.1 Å². The zero-order chi connectivity index (χ0) is 12.4. The molecule has 6 nitrogen and oxygen atoms in total. The van der Waals surface area contributed by atoms with Crippen LogP contribution in [0, 0.1) is 27.7 Å². The van der Waals surface area contributed by atoms with Gasteiger partial charge in [-0.05, 0) is 27.7 Å². The molecule has 0 atom stereocenters. The van der Waals surface area contributed by atoms with Crippen LogP contribution in [0.15, 0.2) is 4.52 Å². The van der Waals surface area contributed by atoms with Gasteiger partial charge in [-0.3, -0.25) is 0 Å². The SMILES string of the molecule is Cc1nnc(NCc2c(C)noc2C)nc1C. The Bertz CT molecular complexity index is 515. The van der Waals surface area contributed by atoms with Gasteiger partial charge in [-0.25, -0.2) is 4.98 Å². The average molecular weight is 233 g/mol. The molecule has 0 amide bonds. The van der Waals surface area contributed by atoms with Gasteiger partial charge in [0.2, 0.25) is 5.95 Å². The molecule has 0 saturated carbocycles. The molecule has 0 aliphatic heterocycles. The van der Waals surface area contributed by atoms with E-state index in [9.17, 15) is 0 Å². The number of aryl methyl sites for hydroxylation is 4. The van der Waals surface area contributed by atoms with Crippen molar-refractivity contribution in [2.24, 2.45) is 0 Å². The lowest BCUT2D eigenvalue weighted by molar-refractivity contribution is 0.392. The molecule has 2 heterocycles. The van der Waals surface area contributed by atoms with Crippen LogP contribution in [0.3, 0.4) is 0 Å². The molecule has 0 spiro atoms. The van der Waals surface area contributed by atoms with Crippen molar-refractivity contribution in [1.29, 1.82) is 0 Å². The molecule has 0 bridgehead atoms. The predicted molar refractivity (Wildman–Crippen MR) is 62.6 cm³/mol. The van der Waals surface area contributed by atoms with Gasteiger partial charge < -0.3 is 9.84 Å². The minimum Gasteiger partial charge on any atom is -0.361 e. The van der Waals surface area contributed by atoms with Crippen molar-refractivity contribution in [2.45, 2.75) is 34.2 Å². The van der Waals surface area contributed by atoms with Gasteiger partial charge in [0.1, 0.15) is 5.76 Å². The van der Waals surface area contributed by atoms with E-state index in [1.54, 1.807) is 0 Å². The van der Waals surface area contributed by atoms with Gasteiger partial charge in [-0.2, -0.15) is 5.10 Å². The molecular formula is C11H15N5O. The minimum atomic E-state index is 0.521. The maximum absolute atomic E-state index is 5.08. The van der Waals surface area contributed by atoms with E-state index in [2.05, 4.69) is 25.7 Å². The number of rotatable bonds is 3. The Labute approximate surface area is 99.5 Å². The third-order valence-corrected chi connectivity index (χ3v) is 2.70. The first kappa shape index (κ1) is 11.5. The molecule has 1 N–H and O–H groups in total. The standard InChI is InChI=1S/C11H15N5O/c1-6-7(2)14-15-11(13-6)12-5-10-8(3)16-17-9(10)4/h5H2,1-4H3,(H,12,13,15). The molecule has 90 valence electrons. The Morgan fingerprint density at radius 3 is 2.35 bits per heavy atom. The Morgan fingerprint density at radius 1 is 1.00 bits per heavy atom. The molecular weight excluding hydrogens is 218 g/mol. The van der Waals surface area contributed by atoms with Crippen LogP contribution in [0.2, 0.25) is 0 Å². The van der Waals surface area contributed by atoms with E-state index in [1.165, 1.54) is 0 Å². The molecule has 2 aromatic rings. The fraction of sp³-hybridized carbons (Fsp3) is 0.455. The van der Waals surface area contributed by atoms with Crippen molar-refractivity contribution in [3.63, 3.8) is 0 Å². The quantitative estimate of drug-likeness (QED) is 0.869. The van der Waals surface area contributed by atoms with E-state index in [0.717, 1.165) is 28.4 Å². The van der Waals surface area contributed by atoms with Crippen LogP contribution < -0.4 is 5.32 Å². The largest absolute Gasteiger partial charge is 0.361 e. The second-order valence-electron chi connectivity index (χ2n) is 3.96. The summed E-state index contributed by atoms with van der Waals surface area (Å²) in [6, 6.07) is 0. The van der Waals surface area contributed by atoms with Crippen LogP contribution in [0.1, 0.15) is 28.4 Å². The summed E-state index contributed by atoms with van der Waals surface area (Å²) >= 11 is 0. The molecule has 0 fully saturated rings. The summed E-state index contributed by atoms with van der Waals surface area (Å²) < 4.78 is 5.08. The summed E-state index contributed by atoms with van der Waals surface area (Å²) in [7, 11) is 0.